The number of aryl methyl sites for hydroxylation is 1. The van der Waals surface area contributed by atoms with E-state index in [0.29, 0.717) is 0 Å². The summed E-state index contributed by atoms with van der Waals surface area (Å²) >= 11 is 0. The average molecular weight is 435 g/mol. The summed E-state index contributed by atoms with van der Waals surface area (Å²) in [4.78, 5) is 0. The lowest BCUT2D eigenvalue weighted by atomic mass is 10.2. The lowest BCUT2D eigenvalue weighted by molar-refractivity contribution is 0.338. The molecule has 0 saturated heterocycles. The number of hydrogen-bond donors (Lipinski definition) is 0. The lowest BCUT2D eigenvalue weighted by Gasteiger charge is -2.38. The summed E-state index contributed by atoms with van der Waals surface area (Å²) in [5, 5.41) is 1.32. The molecule has 0 aliphatic heterocycles. The third-order valence-electron chi connectivity index (χ3n) is 4.30. The number of benzene rings is 2. The zero-order valence-electron chi connectivity index (χ0n) is 17.6. The van der Waals surface area contributed by atoms with E-state index in [1.807, 2.05) is 6.07 Å². The normalized spacial score (nSPS) is 13.4. The molecular weight excluding hydrogens is 401 g/mol. The third-order valence-corrected chi connectivity index (χ3v) is 18.0. The van der Waals surface area contributed by atoms with Gasteiger partial charge in [0.25, 0.3) is 0 Å². The minimum atomic E-state index is -2.23. The highest BCUT2D eigenvalue weighted by Gasteiger charge is 2.40. The van der Waals surface area contributed by atoms with Gasteiger partial charge >= 0.3 is 17.1 Å². The second-order valence-corrected chi connectivity index (χ2v) is 22.0. The van der Waals surface area contributed by atoms with Gasteiger partial charge < -0.3 is 12.3 Å². The van der Waals surface area contributed by atoms with Crippen LogP contribution in [-0.4, -0.2) is 35.2 Å². The molecule has 0 heterocycles. The first-order valence-electron chi connectivity index (χ1n) is 9.69. The van der Waals surface area contributed by atoms with Crippen molar-refractivity contribution in [3.05, 3.63) is 66.2 Å². The van der Waals surface area contributed by atoms with Gasteiger partial charge in [-0.15, -0.1) is 0 Å². The monoisotopic (exact) mass is 434 g/mol. The minimum Gasteiger partial charge on any atom is -0.438 e. The van der Waals surface area contributed by atoms with Gasteiger partial charge in [0.15, 0.2) is 18.1 Å². The zero-order valence-corrected chi connectivity index (χ0v) is 22.0. The molecule has 0 aliphatic carbocycles. The molecule has 0 saturated carbocycles. The third kappa shape index (κ3) is 8.82. The van der Waals surface area contributed by atoms with Gasteiger partial charge in [-0.3, -0.25) is 0 Å². The molecule has 2 aromatic rings. The Balaban J connectivity index is 1.87. The fraction of sp³-hybridized carbons (Fsp3) is 0.400. The van der Waals surface area contributed by atoms with E-state index >= 15 is 0 Å². The molecule has 0 unspecified atom stereocenters. The van der Waals surface area contributed by atoms with Crippen molar-refractivity contribution in [1.82, 2.24) is 0 Å². The summed E-state index contributed by atoms with van der Waals surface area (Å²) in [5.74, 6) is 0. The summed E-state index contributed by atoms with van der Waals surface area (Å²) < 4.78 is 19.5. The van der Waals surface area contributed by atoms with Gasteiger partial charge in [0, 0.05) is 0 Å². The van der Waals surface area contributed by atoms with E-state index in [1.54, 1.807) is 0 Å². The van der Waals surface area contributed by atoms with Gasteiger partial charge in [-0.1, -0.05) is 60.7 Å². The highest BCUT2D eigenvalue weighted by molar-refractivity contribution is 6.87. The van der Waals surface area contributed by atoms with Crippen LogP contribution in [0.1, 0.15) is 5.56 Å². The Morgan fingerprint density at radius 1 is 0.704 bits per heavy atom. The van der Waals surface area contributed by atoms with Crippen LogP contribution in [0.25, 0.3) is 0 Å². The molecule has 27 heavy (non-hydrogen) atoms. The van der Waals surface area contributed by atoms with E-state index in [9.17, 15) is 0 Å². The predicted octanol–water partition coefficient (Wildman–Crippen LogP) is 4.30. The molecule has 0 spiro atoms. The van der Waals surface area contributed by atoms with Gasteiger partial charge in [-0.2, -0.15) is 0 Å². The molecule has 0 amide bonds. The van der Waals surface area contributed by atoms with Gasteiger partial charge in [0.1, 0.15) is 0 Å². The molecule has 0 radical (unpaired) electrons. The van der Waals surface area contributed by atoms with E-state index < -0.39 is 35.2 Å². The Morgan fingerprint density at radius 2 is 1.26 bits per heavy atom. The van der Waals surface area contributed by atoms with Crippen LogP contribution in [0.3, 0.4) is 0 Å². The Labute approximate surface area is 170 Å². The maximum atomic E-state index is 6.66. The van der Waals surface area contributed by atoms with Crippen molar-refractivity contribution in [2.24, 2.45) is 0 Å². The highest BCUT2D eigenvalue weighted by atomic mass is 28.5. The maximum Gasteiger partial charge on any atom is 0.312 e. The van der Waals surface area contributed by atoms with Crippen LogP contribution in [-0.2, 0) is 18.8 Å². The van der Waals surface area contributed by atoms with Crippen molar-refractivity contribution in [2.75, 3.05) is 0 Å². The molecule has 0 aliphatic rings. The maximum absolute atomic E-state index is 6.66. The molecule has 0 bridgehead atoms. The Morgan fingerprint density at radius 3 is 1.85 bits per heavy atom. The summed E-state index contributed by atoms with van der Waals surface area (Å²) in [6, 6.07) is 22.3. The Kier molecular flexibility index (Phi) is 7.99. The summed E-state index contributed by atoms with van der Waals surface area (Å²) in [7, 11) is -6.97. The van der Waals surface area contributed by atoms with Crippen molar-refractivity contribution >= 4 is 40.4 Å². The number of hydrogen-bond acceptors (Lipinski definition) is 3. The molecule has 148 valence electrons. The van der Waals surface area contributed by atoms with Crippen LogP contribution in [0.15, 0.2) is 60.7 Å². The summed E-state index contributed by atoms with van der Waals surface area (Å²) in [5.41, 5.74) is 1.38. The summed E-state index contributed by atoms with van der Waals surface area (Å²) in [6.45, 7) is 13.3. The van der Waals surface area contributed by atoms with Crippen LogP contribution in [0, 0.1) is 0 Å². The lowest BCUT2D eigenvalue weighted by Crippen LogP contribution is -2.54. The smallest absolute Gasteiger partial charge is 0.312 e. The quantitative estimate of drug-likeness (QED) is 0.522. The number of rotatable bonds is 10. The fourth-order valence-electron chi connectivity index (χ4n) is 3.28. The van der Waals surface area contributed by atoms with E-state index in [2.05, 4.69) is 93.9 Å². The first-order chi connectivity index (χ1) is 12.6. The van der Waals surface area contributed by atoms with E-state index in [0.717, 1.165) is 12.5 Å². The van der Waals surface area contributed by atoms with Crippen LogP contribution in [0.5, 0.6) is 0 Å². The average Bonchev–Trinajstić information content (AvgIpc) is 2.58. The van der Waals surface area contributed by atoms with Crippen LogP contribution in [0.2, 0.25) is 45.3 Å². The Bertz CT molecular complexity index is 631. The van der Waals surface area contributed by atoms with Crippen molar-refractivity contribution in [3.8, 4) is 0 Å². The molecule has 0 aromatic heterocycles. The molecule has 0 atom stereocenters. The standard InChI is InChI=1S/C20H34O3Si4/c1-25(2,18-17-19-13-9-7-10-14-19)22-27(5,6)23-26(3,4)21-24-20-15-11-8-12-16-20/h7-16H,17-18,24H2,1-6H3. The van der Waals surface area contributed by atoms with Gasteiger partial charge in [-0.25, -0.2) is 0 Å². The molecule has 0 fully saturated rings. The molecule has 3 nitrogen and oxygen atoms in total. The Hall–Kier alpha value is -0.812. The van der Waals surface area contributed by atoms with Crippen molar-refractivity contribution in [1.29, 1.82) is 0 Å². The second-order valence-electron chi connectivity index (χ2n) is 8.52. The summed E-state index contributed by atoms with van der Waals surface area (Å²) in [6.07, 6.45) is 1.07. The van der Waals surface area contributed by atoms with E-state index in [-0.39, 0.29) is 0 Å². The molecule has 2 rings (SSSR count). The van der Waals surface area contributed by atoms with Crippen LogP contribution < -0.4 is 5.19 Å². The largest absolute Gasteiger partial charge is 0.438 e. The zero-order chi connectivity index (χ0) is 20.0. The SMILES string of the molecule is C[Si](C)(CCc1ccccc1)O[Si](C)(C)O[Si](C)(C)O[SiH2]c1ccccc1. The van der Waals surface area contributed by atoms with E-state index in [4.69, 9.17) is 12.3 Å². The van der Waals surface area contributed by atoms with Gasteiger partial charge in [0.05, 0.1) is 0 Å². The molecular formula is C20H34O3Si4. The first kappa shape index (κ1) is 22.5. The topological polar surface area (TPSA) is 27.7 Å². The van der Waals surface area contributed by atoms with Gasteiger partial charge in [-0.05, 0) is 62.5 Å². The molecule has 2 aromatic carbocycles. The first-order valence-corrected chi connectivity index (χ1v) is 19.7. The molecule has 0 N–H and O–H groups in total. The van der Waals surface area contributed by atoms with Crippen molar-refractivity contribution < 1.29 is 12.3 Å². The highest BCUT2D eigenvalue weighted by Crippen LogP contribution is 2.24. The minimum absolute atomic E-state index is 0.756. The van der Waals surface area contributed by atoms with Gasteiger partial charge in [0.2, 0.25) is 0 Å². The van der Waals surface area contributed by atoms with Crippen LogP contribution >= 0.6 is 0 Å². The van der Waals surface area contributed by atoms with Crippen molar-refractivity contribution in [3.63, 3.8) is 0 Å². The molecule has 7 heteroatoms. The fourth-order valence-corrected chi connectivity index (χ4v) is 18.5. The van der Waals surface area contributed by atoms with E-state index in [1.165, 1.54) is 10.8 Å². The predicted molar refractivity (Wildman–Crippen MR) is 125 cm³/mol. The second kappa shape index (κ2) is 9.60. The van der Waals surface area contributed by atoms with Crippen molar-refractivity contribution in [2.45, 2.75) is 51.7 Å². The van der Waals surface area contributed by atoms with Crippen LogP contribution in [0.4, 0.5) is 0 Å².